The van der Waals surface area contributed by atoms with Gasteiger partial charge in [0.1, 0.15) is 12.2 Å². The van der Waals surface area contributed by atoms with Gasteiger partial charge < -0.3 is 61.7 Å². The van der Waals surface area contributed by atoms with E-state index in [0.717, 1.165) is 43.6 Å². The van der Waals surface area contributed by atoms with E-state index in [9.17, 15) is 37.2 Å². The summed E-state index contributed by atoms with van der Waals surface area (Å²) in [7, 11) is -4.09. The normalized spacial score (nSPS) is 18.3. The Kier molecular flexibility index (Phi) is 27.7. The van der Waals surface area contributed by atoms with Gasteiger partial charge in [0.2, 0.25) is 21.8 Å². The number of fused-ring (bicyclic) bond motifs is 1. The van der Waals surface area contributed by atoms with Gasteiger partial charge in [0.15, 0.2) is 0 Å². The molecule has 0 aliphatic carbocycles. The first-order valence-corrected chi connectivity index (χ1v) is 29.9. The van der Waals surface area contributed by atoms with Gasteiger partial charge in [0.05, 0.1) is 62.6 Å². The molecule has 436 valence electrons. The average Bonchev–Trinajstić information content (AvgIpc) is 4.19. The summed E-state index contributed by atoms with van der Waals surface area (Å²) in [6.07, 6.45) is 4.64. The number of nitrogens with zero attached hydrogens (tertiary/aromatic N) is 1. The number of benzene rings is 3. The van der Waals surface area contributed by atoms with Crippen molar-refractivity contribution in [3.63, 3.8) is 0 Å². The minimum Gasteiger partial charge on any atom is -0.459 e. The summed E-state index contributed by atoms with van der Waals surface area (Å²) in [5.74, 6) is -0.470. The lowest BCUT2D eigenvalue weighted by molar-refractivity contribution is -0.151. The Hall–Kier alpha value is -5.98. The second-order valence-corrected chi connectivity index (χ2v) is 23.3. The number of unbranched alkanes of at least 4 members (excludes halogenated alkanes) is 3. The first kappa shape index (κ1) is 63.8. The molecule has 0 aromatic heterocycles. The van der Waals surface area contributed by atoms with E-state index in [4.69, 9.17) is 35.2 Å². The molecule has 3 aliphatic rings. The summed E-state index contributed by atoms with van der Waals surface area (Å²) in [6.45, 7) is 9.83. The van der Waals surface area contributed by atoms with Gasteiger partial charge in [-0.25, -0.2) is 18.0 Å². The topological polar surface area (TPSA) is 298 Å². The number of primary amides is 1. The average molecular weight is 1140 g/mol. The van der Waals surface area contributed by atoms with E-state index in [1.807, 2.05) is 55.9 Å². The second kappa shape index (κ2) is 34.2. The van der Waals surface area contributed by atoms with Crippen LogP contribution in [0, 0.1) is 5.92 Å². The zero-order valence-corrected chi connectivity index (χ0v) is 47.5. The van der Waals surface area contributed by atoms with Crippen LogP contribution in [0.5, 0.6) is 0 Å². The highest BCUT2D eigenvalue weighted by molar-refractivity contribution is 8.00. The summed E-state index contributed by atoms with van der Waals surface area (Å²) in [5.41, 5.74) is 13.0. The molecular formula is C56H82N8O13S2. The summed E-state index contributed by atoms with van der Waals surface area (Å²) < 4.78 is 57.1. The minimum atomic E-state index is -4.09. The van der Waals surface area contributed by atoms with Crippen LogP contribution in [0.2, 0.25) is 0 Å². The number of sulfonamides is 1. The molecule has 6 rings (SSSR count). The molecule has 0 radical (unpaired) electrons. The Morgan fingerprint density at radius 1 is 0.823 bits per heavy atom. The molecule has 3 heterocycles. The summed E-state index contributed by atoms with van der Waals surface area (Å²) in [4.78, 5) is 73.6. The van der Waals surface area contributed by atoms with Crippen molar-refractivity contribution in [2.45, 2.75) is 132 Å². The second-order valence-electron chi connectivity index (χ2n) is 20.1. The number of nitrogens with two attached hydrogens (primary N) is 2. The highest BCUT2D eigenvalue weighted by Gasteiger charge is 2.42. The van der Waals surface area contributed by atoms with Gasteiger partial charge in [0.25, 0.3) is 5.91 Å². The quantitative estimate of drug-likeness (QED) is 0.0176. The number of thioether (sulfide) groups is 1. The van der Waals surface area contributed by atoms with Gasteiger partial charge >= 0.3 is 18.1 Å². The Morgan fingerprint density at radius 2 is 1.53 bits per heavy atom. The lowest BCUT2D eigenvalue weighted by Gasteiger charge is -2.33. The number of hydrogen-bond donors (Lipinski definition) is 7. The first-order chi connectivity index (χ1) is 38.0. The van der Waals surface area contributed by atoms with Crippen molar-refractivity contribution in [3.8, 4) is 0 Å². The number of ether oxygens (including phenoxy) is 5. The number of alkyl carbamates (subject to hydrolysis) is 1. The van der Waals surface area contributed by atoms with Crippen LogP contribution in [-0.4, -0.2) is 156 Å². The standard InChI is InChI=1S/C39H51N5O9S.C17H31N3O4S/c1-27(2)24-44(54(49,50)33-18-16-31(40)17-19-33)25-35(34(23-28-9-5-3-6-10-28)43-39(48)52-32-20-22-51-26-32)53-36(45)11-7-4-8-21-42-38(47)30-14-12-29(13-15-30)37(41)46;1-2-8-23-10-11-24-9-7-18-15(21)6-4-3-5-14-16-13(12-25-14)19-17(22)20-16/h3,5-6,9-10,12-19,27,32,34-35H,4,7-8,11,20-26,40H2,1-2H3,(H2,41,46)(H,42,47)(H,43,48);13-14,16H,2-12H2,1H3,(H,18,21)(H2,19,20,22)/t32-,34-,35+;13-,14-,16-/m00/s1. The molecule has 21 nitrogen and oxygen atoms in total. The molecule has 0 spiro atoms. The molecule has 9 N–H and O–H groups in total. The van der Waals surface area contributed by atoms with Crippen LogP contribution in [0.4, 0.5) is 15.3 Å². The van der Waals surface area contributed by atoms with Crippen molar-refractivity contribution in [1.82, 2.24) is 30.9 Å². The predicted octanol–water partition coefficient (Wildman–Crippen LogP) is 5.31. The van der Waals surface area contributed by atoms with Gasteiger partial charge in [-0.15, -0.1) is 0 Å². The van der Waals surface area contributed by atoms with Gasteiger partial charge in [0, 0.05) is 73.3 Å². The summed E-state index contributed by atoms with van der Waals surface area (Å²) >= 11 is 1.92. The number of rotatable bonds is 33. The molecule has 3 fully saturated rings. The molecule has 0 bridgehead atoms. The molecule has 79 heavy (non-hydrogen) atoms. The number of esters is 1. The summed E-state index contributed by atoms with van der Waals surface area (Å²) in [5, 5.41) is 15.0. The third-order valence-corrected chi connectivity index (χ3v) is 16.5. The van der Waals surface area contributed by atoms with Gasteiger partial charge in [-0.2, -0.15) is 16.1 Å². The molecule has 23 heteroatoms. The number of amides is 6. The lowest BCUT2D eigenvalue weighted by atomic mass is 10.0. The highest BCUT2D eigenvalue weighted by Crippen LogP contribution is 2.33. The molecule has 6 amide bonds. The number of nitrogen functional groups attached to an aromatic ring is 1. The van der Waals surface area contributed by atoms with Gasteiger partial charge in [-0.3, -0.25) is 19.2 Å². The van der Waals surface area contributed by atoms with Gasteiger partial charge in [-0.05, 0) is 98.5 Å². The molecule has 0 unspecified atom stereocenters. The smallest absolute Gasteiger partial charge is 0.407 e. The number of anilines is 1. The fourth-order valence-corrected chi connectivity index (χ4v) is 12.1. The lowest BCUT2D eigenvalue weighted by Crippen LogP contribution is -2.53. The minimum absolute atomic E-state index is 0.0236. The zero-order chi connectivity index (χ0) is 57.0. The Labute approximate surface area is 469 Å². The van der Waals surface area contributed by atoms with E-state index in [2.05, 4.69) is 33.5 Å². The van der Waals surface area contributed by atoms with E-state index >= 15 is 0 Å². The fraction of sp³-hybridized carbons (Fsp3) is 0.571. The first-order valence-electron chi connectivity index (χ1n) is 27.4. The van der Waals surface area contributed by atoms with E-state index in [1.54, 1.807) is 0 Å². The SMILES string of the molecule is CC(C)CN(C[C@@H](OC(=O)CCCCCNC(=O)c1ccc(C(N)=O)cc1)[C@H](Cc1ccccc1)NC(=O)O[C@H]1CCOC1)S(=O)(=O)c1ccc(N)cc1.CCCOCCOCCNC(=O)CCCC[C@@H]1SC[C@@H]2NC(=O)N[C@@H]21. The number of carbonyl (C=O) groups is 6. The largest absolute Gasteiger partial charge is 0.459 e. The van der Waals surface area contributed by atoms with E-state index in [0.29, 0.717) is 93.7 Å². The zero-order valence-electron chi connectivity index (χ0n) is 45.8. The van der Waals surface area contributed by atoms with Crippen molar-refractivity contribution >= 4 is 63.3 Å². The van der Waals surface area contributed by atoms with Crippen LogP contribution in [0.3, 0.4) is 0 Å². The monoisotopic (exact) mass is 1140 g/mol. The number of hydrogen-bond acceptors (Lipinski definition) is 15. The Bertz CT molecular complexity index is 2470. The Balaban J connectivity index is 0.000000382. The molecular weight excluding hydrogens is 1060 g/mol. The highest BCUT2D eigenvalue weighted by atomic mass is 32.2. The third-order valence-electron chi connectivity index (χ3n) is 13.1. The van der Waals surface area contributed by atoms with Crippen LogP contribution in [0.1, 0.15) is 111 Å². The van der Waals surface area contributed by atoms with E-state index < -0.39 is 46.2 Å². The number of carbonyl (C=O) groups excluding carboxylic acids is 6. The van der Waals surface area contributed by atoms with E-state index in [1.165, 1.54) is 52.8 Å². The number of nitrogens with one attached hydrogen (secondary N) is 5. The van der Waals surface area contributed by atoms with Crippen LogP contribution < -0.4 is 38.1 Å². The van der Waals surface area contributed by atoms with Crippen LogP contribution in [-0.2, 0) is 49.7 Å². The van der Waals surface area contributed by atoms with Gasteiger partial charge in [-0.1, -0.05) is 63.9 Å². The van der Waals surface area contributed by atoms with Crippen LogP contribution >= 0.6 is 11.8 Å². The molecule has 3 aromatic carbocycles. The van der Waals surface area contributed by atoms with Crippen LogP contribution in [0.15, 0.2) is 83.8 Å². The van der Waals surface area contributed by atoms with Crippen molar-refractivity contribution in [2.75, 3.05) is 77.3 Å². The molecule has 3 saturated heterocycles. The van der Waals surface area contributed by atoms with E-state index in [-0.39, 0.29) is 73.3 Å². The van der Waals surface area contributed by atoms with Crippen molar-refractivity contribution in [2.24, 2.45) is 11.7 Å². The molecule has 3 aromatic rings. The fourth-order valence-electron chi connectivity index (χ4n) is 8.98. The van der Waals surface area contributed by atoms with Crippen molar-refractivity contribution in [3.05, 3.63) is 95.6 Å². The maximum Gasteiger partial charge on any atom is 0.407 e. The molecule has 0 saturated carbocycles. The maximum absolute atomic E-state index is 14.1. The molecule has 3 aliphatic heterocycles. The van der Waals surface area contributed by atoms with Crippen molar-refractivity contribution in [1.29, 1.82) is 0 Å². The molecule has 6 atom stereocenters. The number of urea groups is 1. The van der Waals surface area contributed by atoms with Crippen LogP contribution in [0.25, 0.3) is 0 Å². The maximum atomic E-state index is 14.1. The Morgan fingerprint density at radius 3 is 2.22 bits per heavy atom. The third kappa shape index (κ3) is 23.0. The van der Waals surface area contributed by atoms with Crippen molar-refractivity contribution < 1.29 is 60.9 Å². The summed E-state index contributed by atoms with van der Waals surface area (Å²) in [6, 6.07) is 20.8. The predicted molar refractivity (Wildman–Crippen MR) is 302 cm³/mol.